The smallest absolute Gasteiger partial charge is 0.295 e. The molecule has 0 bridgehead atoms. The van der Waals surface area contributed by atoms with Gasteiger partial charge in [0.05, 0.1) is 34.9 Å². The van der Waals surface area contributed by atoms with E-state index in [-0.39, 0.29) is 34.6 Å². The van der Waals surface area contributed by atoms with Crippen molar-refractivity contribution in [2.24, 2.45) is 5.92 Å². The average Bonchev–Trinajstić information content (AvgIpc) is 3.85. The molecule has 2 saturated carbocycles. The fourth-order valence-corrected chi connectivity index (χ4v) is 5.73. The van der Waals surface area contributed by atoms with Crippen molar-refractivity contribution in [3.05, 3.63) is 52.0 Å². The minimum Gasteiger partial charge on any atom is -0.358 e. The Kier molecular flexibility index (Phi) is 6.56. The summed E-state index contributed by atoms with van der Waals surface area (Å²) in [5.74, 6) is 1.73. The standard InChI is InChI=1S/C27H31N9O3S/c1-5-40(38,39)19-10-28-20(29-11-19)12-30-25-27(37)36(16(4)17-6-7-17)26-22(34-25)15(3)33-24(35-26)21-14(2)31-13-32-23(21)18-8-9-18/h10-11,13,16-18H,5-9,12H2,1-4H3,(H,30,34)/t16-/m0/s1. The van der Waals surface area contributed by atoms with Gasteiger partial charge < -0.3 is 5.32 Å². The first kappa shape index (κ1) is 26.4. The second-order valence-electron chi connectivity index (χ2n) is 10.6. The summed E-state index contributed by atoms with van der Waals surface area (Å²) in [7, 11) is -3.40. The van der Waals surface area contributed by atoms with Crippen LogP contribution in [-0.4, -0.2) is 53.6 Å². The zero-order chi connectivity index (χ0) is 28.2. The van der Waals surface area contributed by atoms with Crippen LogP contribution in [0.2, 0.25) is 0 Å². The molecule has 0 amide bonds. The van der Waals surface area contributed by atoms with Crippen LogP contribution in [0.4, 0.5) is 5.82 Å². The molecule has 40 heavy (non-hydrogen) atoms. The Balaban J connectivity index is 1.42. The van der Waals surface area contributed by atoms with E-state index >= 15 is 0 Å². The van der Waals surface area contributed by atoms with Crippen molar-refractivity contribution in [1.82, 2.24) is 39.5 Å². The summed E-state index contributed by atoms with van der Waals surface area (Å²) in [6.45, 7) is 7.51. The molecule has 0 spiro atoms. The van der Waals surface area contributed by atoms with E-state index in [9.17, 15) is 13.2 Å². The molecule has 1 atom stereocenters. The quantitative estimate of drug-likeness (QED) is 0.319. The average molecular weight is 562 g/mol. The zero-order valence-electron chi connectivity index (χ0n) is 22.9. The van der Waals surface area contributed by atoms with Crippen LogP contribution in [0.15, 0.2) is 28.4 Å². The SMILES string of the molecule is CCS(=O)(=O)c1cnc(CNc2nc3c(C)nc(-c4c(C)ncnc4C4CC4)nc3n([C@@H](C)C3CC3)c2=O)nc1. The number of fused-ring (bicyclic) bond motifs is 1. The number of sulfone groups is 1. The number of aromatic nitrogens is 8. The molecule has 4 aromatic heterocycles. The van der Waals surface area contributed by atoms with Crippen LogP contribution in [0.1, 0.15) is 74.4 Å². The highest BCUT2D eigenvalue weighted by molar-refractivity contribution is 7.91. The van der Waals surface area contributed by atoms with E-state index < -0.39 is 9.84 Å². The molecule has 2 aliphatic rings. The van der Waals surface area contributed by atoms with Gasteiger partial charge in [0.2, 0.25) is 0 Å². The van der Waals surface area contributed by atoms with Crippen LogP contribution in [0.5, 0.6) is 0 Å². The van der Waals surface area contributed by atoms with Crippen molar-refractivity contribution in [2.45, 2.75) is 76.8 Å². The van der Waals surface area contributed by atoms with E-state index in [2.05, 4.69) is 30.2 Å². The van der Waals surface area contributed by atoms with Crippen molar-refractivity contribution in [1.29, 1.82) is 0 Å². The van der Waals surface area contributed by atoms with Gasteiger partial charge in [-0.1, -0.05) is 6.92 Å². The summed E-state index contributed by atoms with van der Waals surface area (Å²) < 4.78 is 25.9. The van der Waals surface area contributed by atoms with Gasteiger partial charge in [0.1, 0.15) is 22.6 Å². The van der Waals surface area contributed by atoms with E-state index in [0.717, 1.165) is 42.6 Å². The van der Waals surface area contributed by atoms with Gasteiger partial charge >= 0.3 is 0 Å². The molecule has 4 heterocycles. The molecular weight excluding hydrogens is 530 g/mol. The molecule has 208 valence electrons. The van der Waals surface area contributed by atoms with Crippen LogP contribution >= 0.6 is 0 Å². The third-order valence-electron chi connectivity index (χ3n) is 7.71. The van der Waals surface area contributed by atoms with Gasteiger partial charge in [-0.15, -0.1) is 0 Å². The third kappa shape index (κ3) is 4.82. The number of anilines is 1. The lowest BCUT2D eigenvalue weighted by Gasteiger charge is -2.20. The maximum Gasteiger partial charge on any atom is 0.295 e. The van der Waals surface area contributed by atoms with Crippen molar-refractivity contribution < 1.29 is 8.42 Å². The topological polar surface area (TPSA) is 158 Å². The maximum atomic E-state index is 13.8. The highest BCUT2D eigenvalue weighted by atomic mass is 32.2. The summed E-state index contributed by atoms with van der Waals surface area (Å²) in [5.41, 5.74) is 3.99. The Labute approximate surface area is 231 Å². The molecule has 0 aliphatic heterocycles. The minimum atomic E-state index is -3.40. The molecule has 1 N–H and O–H groups in total. The zero-order valence-corrected chi connectivity index (χ0v) is 23.7. The Bertz CT molecular complexity index is 1780. The molecule has 2 aliphatic carbocycles. The molecule has 2 fully saturated rings. The highest BCUT2D eigenvalue weighted by Crippen LogP contribution is 2.44. The Morgan fingerprint density at radius 2 is 1.73 bits per heavy atom. The molecular formula is C27H31N9O3S. The lowest BCUT2D eigenvalue weighted by atomic mass is 10.1. The van der Waals surface area contributed by atoms with E-state index in [1.165, 1.54) is 12.4 Å². The number of aryl methyl sites for hydroxylation is 2. The third-order valence-corrected chi connectivity index (χ3v) is 9.40. The van der Waals surface area contributed by atoms with E-state index in [1.807, 2.05) is 20.8 Å². The van der Waals surface area contributed by atoms with E-state index in [1.54, 1.807) is 17.8 Å². The normalized spacial score (nSPS) is 16.3. The van der Waals surface area contributed by atoms with Crippen LogP contribution < -0.4 is 10.9 Å². The Hall–Kier alpha value is -3.87. The first-order valence-corrected chi connectivity index (χ1v) is 15.2. The predicted octanol–water partition coefficient (Wildman–Crippen LogP) is 3.30. The molecule has 0 unspecified atom stereocenters. The monoisotopic (exact) mass is 561 g/mol. The number of hydrogen-bond acceptors (Lipinski definition) is 11. The van der Waals surface area contributed by atoms with Crippen molar-refractivity contribution in [2.75, 3.05) is 11.1 Å². The number of rotatable bonds is 9. The predicted molar refractivity (Wildman–Crippen MR) is 149 cm³/mol. The molecule has 12 nitrogen and oxygen atoms in total. The number of nitrogens with one attached hydrogen (secondary N) is 1. The maximum absolute atomic E-state index is 13.8. The van der Waals surface area contributed by atoms with Gasteiger partial charge in [-0.3, -0.25) is 9.36 Å². The summed E-state index contributed by atoms with van der Waals surface area (Å²) in [4.78, 5) is 45.6. The highest BCUT2D eigenvalue weighted by Gasteiger charge is 2.33. The van der Waals surface area contributed by atoms with Crippen molar-refractivity contribution in [3.63, 3.8) is 0 Å². The Morgan fingerprint density at radius 3 is 2.38 bits per heavy atom. The van der Waals surface area contributed by atoms with Crippen LogP contribution in [0, 0.1) is 19.8 Å². The van der Waals surface area contributed by atoms with E-state index in [4.69, 9.17) is 9.97 Å². The van der Waals surface area contributed by atoms with Crippen molar-refractivity contribution in [3.8, 4) is 11.4 Å². The molecule has 4 aromatic rings. The first-order chi connectivity index (χ1) is 19.2. The largest absolute Gasteiger partial charge is 0.358 e. The molecule has 0 saturated heterocycles. The van der Waals surface area contributed by atoms with Crippen molar-refractivity contribution >= 4 is 26.8 Å². The molecule has 0 radical (unpaired) electrons. The lowest BCUT2D eigenvalue weighted by molar-refractivity contribution is 0.482. The fraction of sp³-hybridized carbons (Fsp3) is 0.481. The second kappa shape index (κ2) is 9.95. The molecule has 13 heteroatoms. The van der Waals surface area contributed by atoms with Gasteiger partial charge in [0.25, 0.3) is 5.56 Å². The minimum absolute atomic E-state index is 0.0322. The van der Waals surface area contributed by atoms with E-state index in [0.29, 0.717) is 40.3 Å². The number of hydrogen-bond donors (Lipinski definition) is 1. The Morgan fingerprint density at radius 1 is 1.00 bits per heavy atom. The fourth-order valence-electron chi connectivity index (χ4n) is 4.97. The molecule has 0 aromatic carbocycles. The van der Waals surface area contributed by atoms with Crippen LogP contribution in [-0.2, 0) is 16.4 Å². The van der Waals surface area contributed by atoms with Gasteiger partial charge in [-0.2, -0.15) is 0 Å². The second-order valence-corrected chi connectivity index (χ2v) is 12.9. The first-order valence-electron chi connectivity index (χ1n) is 13.6. The lowest BCUT2D eigenvalue weighted by Crippen LogP contribution is -2.30. The van der Waals surface area contributed by atoms with Gasteiger partial charge in [0, 0.05) is 24.4 Å². The summed E-state index contributed by atoms with van der Waals surface area (Å²) >= 11 is 0. The van der Waals surface area contributed by atoms with Crippen LogP contribution in [0.3, 0.4) is 0 Å². The van der Waals surface area contributed by atoms with Gasteiger partial charge in [-0.05, 0) is 52.4 Å². The van der Waals surface area contributed by atoms with Crippen LogP contribution in [0.25, 0.3) is 22.6 Å². The summed E-state index contributed by atoms with van der Waals surface area (Å²) in [6.07, 6.45) is 8.42. The molecule has 6 rings (SSSR count). The van der Waals surface area contributed by atoms with Gasteiger partial charge in [0.15, 0.2) is 27.1 Å². The summed E-state index contributed by atoms with van der Waals surface area (Å²) in [6, 6.07) is -0.0773. The number of nitrogens with zero attached hydrogens (tertiary/aromatic N) is 8. The van der Waals surface area contributed by atoms with Gasteiger partial charge in [-0.25, -0.2) is 43.3 Å². The summed E-state index contributed by atoms with van der Waals surface area (Å²) in [5, 5.41) is 3.07.